The molecule has 1 aliphatic rings. The molecule has 2 nitrogen and oxygen atoms in total. The molecule has 0 aromatic heterocycles. The van der Waals surface area contributed by atoms with Crippen molar-refractivity contribution in [2.75, 3.05) is 6.61 Å². The molecular formula is C13H26O2. The third-order valence-electron chi connectivity index (χ3n) is 3.20. The molecule has 1 aliphatic carbocycles. The number of unbranched alkanes of at least 4 members (excludes halogenated alkanes) is 4. The Morgan fingerprint density at radius 3 is 2.67 bits per heavy atom. The van der Waals surface area contributed by atoms with Gasteiger partial charge in [-0.25, -0.2) is 0 Å². The van der Waals surface area contributed by atoms with E-state index in [0.29, 0.717) is 6.10 Å². The van der Waals surface area contributed by atoms with Crippen molar-refractivity contribution >= 4 is 0 Å². The topological polar surface area (TPSA) is 29.5 Å². The third-order valence-corrected chi connectivity index (χ3v) is 3.20. The summed E-state index contributed by atoms with van der Waals surface area (Å²) >= 11 is 0. The fourth-order valence-corrected chi connectivity index (χ4v) is 2.23. The van der Waals surface area contributed by atoms with Gasteiger partial charge >= 0.3 is 0 Å². The summed E-state index contributed by atoms with van der Waals surface area (Å²) < 4.78 is 5.77. The van der Waals surface area contributed by atoms with E-state index in [1.165, 1.54) is 32.1 Å². The van der Waals surface area contributed by atoms with Crippen LogP contribution in [0.1, 0.15) is 64.7 Å². The number of rotatable bonds is 7. The highest BCUT2D eigenvalue weighted by Crippen LogP contribution is 2.21. The summed E-state index contributed by atoms with van der Waals surface area (Å²) in [4.78, 5) is 0. The Balaban J connectivity index is 1.90. The Bertz CT molecular complexity index is 147. The number of ether oxygens (including phenoxy) is 1. The van der Waals surface area contributed by atoms with Gasteiger partial charge in [0.25, 0.3) is 0 Å². The maximum absolute atomic E-state index is 9.47. The van der Waals surface area contributed by atoms with Gasteiger partial charge in [-0.1, -0.05) is 32.6 Å². The van der Waals surface area contributed by atoms with E-state index in [0.717, 1.165) is 32.3 Å². The Kier molecular flexibility index (Phi) is 7.03. The number of hydrogen-bond donors (Lipinski definition) is 1. The average Bonchev–Trinajstić information content (AvgIpc) is 2.23. The smallest absolute Gasteiger partial charge is 0.0599 e. The van der Waals surface area contributed by atoms with Gasteiger partial charge in [-0.15, -0.1) is 0 Å². The molecule has 0 radical (unpaired) electrons. The molecular weight excluding hydrogens is 188 g/mol. The lowest BCUT2D eigenvalue weighted by atomic mass is 9.95. The molecule has 15 heavy (non-hydrogen) atoms. The molecule has 2 atom stereocenters. The van der Waals surface area contributed by atoms with Crippen LogP contribution in [0.3, 0.4) is 0 Å². The lowest BCUT2D eigenvalue weighted by Crippen LogP contribution is -2.26. The largest absolute Gasteiger partial charge is 0.393 e. The van der Waals surface area contributed by atoms with Crippen molar-refractivity contribution < 1.29 is 9.84 Å². The second-order valence-electron chi connectivity index (χ2n) is 4.73. The predicted molar refractivity (Wildman–Crippen MR) is 63.0 cm³/mol. The van der Waals surface area contributed by atoms with Gasteiger partial charge < -0.3 is 9.84 Å². The van der Waals surface area contributed by atoms with Crippen LogP contribution in [0, 0.1) is 0 Å². The highest BCUT2D eigenvalue weighted by molar-refractivity contribution is 4.72. The molecule has 0 aliphatic heterocycles. The highest BCUT2D eigenvalue weighted by atomic mass is 16.5. The first-order chi connectivity index (χ1) is 7.33. The zero-order valence-electron chi connectivity index (χ0n) is 10.1. The maximum Gasteiger partial charge on any atom is 0.0599 e. The molecule has 0 saturated heterocycles. The van der Waals surface area contributed by atoms with Crippen molar-refractivity contribution in [1.82, 2.24) is 0 Å². The van der Waals surface area contributed by atoms with E-state index in [-0.39, 0.29) is 6.10 Å². The molecule has 0 aromatic rings. The van der Waals surface area contributed by atoms with Crippen LogP contribution >= 0.6 is 0 Å². The minimum atomic E-state index is -0.108. The molecule has 0 spiro atoms. The summed E-state index contributed by atoms with van der Waals surface area (Å²) in [5.41, 5.74) is 0. The van der Waals surface area contributed by atoms with Crippen molar-refractivity contribution in [2.24, 2.45) is 0 Å². The molecule has 0 bridgehead atoms. The Hall–Kier alpha value is -0.0800. The predicted octanol–water partition coefficient (Wildman–Crippen LogP) is 3.28. The normalized spacial score (nSPS) is 26.8. The average molecular weight is 214 g/mol. The third kappa shape index (κ3) is 6.16. The van der Waals surface area contributed by atoms with Gasteiger partial charge in [0.15, 0.2) is 0 Å². The summed E-state index contributed by atoms with van der Waals surface area (Å²) in [7, 11) is 0. The molecule has 2 heteroatoms. The van der Waals surface area contributed by atoms with Crippen LogP contribution in [0.5, 0.6) is 0 Å². The van der Waals surface area contributed by atoms with Crippen molar-refractivity contribution in [1.29, 1.82) is 0 Å². The van der Waals surface area contributed by atoms with Crippen LogP contribution in [0.4, 0.5) is 0 Å². The fraction of sp³-hybridized carbons (Fsp3) is 1.00. The zero-order valence-corrected chi connectivity index (χ0v) is 10.1. The summed E-state index contributed by atoms with van der Waals surface area (Å²) in [6, 6.07) is 0. The number of hydrogen-bond acceptors (Lipinski definition) is 2. The lowest BCUT2D eigenvalue weighted by Gasteiger charge is -2.25. The minimum absolute atomic E-state index is 0.108. The fourth-order valence-electron chi connectivity index (χ4n) is 2.23. The first kappa shape index (κ1) is 13.0. The van der Waals surface area contributed by atoms with Gasteiger partial charge in [-0.2, -0.15) is 0 Å². The summed E-state index contributed by atoms with van der Waals surface area (Å²) in [5.74, 6) is 0. The van der Waals surface area contributed by atoms with E-state index < -0.39 is 0 Å². The molecule has 0 heterocycles. The maximum atomic E-state index is 9.47. The SMILES string of the molecule is CCCCCCCOC1CCCC(O)C1. The van der Waals surface area contributed by atoms with Gasteiger partial charge in [0.1, 0.15) is 0 Å². The molecule has 2 unspecified atom stereocenters. The van der Waals surface area contributed by atoms with Crippen LogP contribution < -0.4 is 0 Å². The van der Waals surface area contributed by atoms with Crippen LogP contribution in [-0.4, -0.2) is 23.9 Å². The molecule has 90 valence electrons. The Morgan fingerprint density at radius 1 is 1.13 bits per heavy atom. The number of aliphatic hydroxyl groups is 1. The van der Waals surface area contributed by atoms with Crippen LogP contribution in [0.2, 0.25) is 0 Å². The Labute approximate surface area is 94.0 Å². The summed E-state index contributed by atoms with van der Waals surface area (Å²) in [6.45, 7) is 3.13. The van der Waals surface area contributed by atoms with Gasteiger partial charge in [0.05, 0.1) is 12.2 Å². The van der Waals surface area contributed by atoms with Crippen molar-refractivity contribution in [3.63, 3.8) is 0 Å². The van der Waals surface area contributed by atoms with E-state index in [9.17, 15) is 5.11 Å². The van der Waals surface area contributed by atoms with E-state index in [4.69, 9.17) is 4.74 Å². The second kappa shape index (κ2) is 8.12. The van der Waals surface area contributed by atoms with Gasteiger partial charge in [-0.3, -0.25) is 0 Å². The summed E-state index contributed by atoms with van der Waals surface area (Å²) in [6.07, 6.45) is 10.8. The number of aliphatic hydroxyl groups excluding tert-OH is 1. The Morgan fingerprint density at radius 2 is 1.93 bits per heavy atom. The van der Waals surface area contributed by atoms with Crippen LogP contribution in [-0.2, 0) is 4.74 Å². The molecule has 1 fully saturated rings. The van der Waals surface area contributed by atoms with E-state index in [1.807, 2.05) is 0 Å². The monoisotopic (exact) mass is 214 g/mol. The van der Waals surface area contributed by atoms with Crippen molar-refractivity contribution in [3.05, 3.63) is 0 Å². The zero-order chi connectivity index (χ0) is 10.9. The van der Waals surface area contributed by atoms with Crippen LogP contribution in [0.25, 0.3) is 0 Å². The first-order valence-electron chi connectivity index (χ1n) is 6.62. The first-order valence-corrected chi connectivity index (χ1v) is 6.62. The van der Waals surface area contributed by atoms with E-state index >= 15 is 0 Å². The molecule has 0 amide bonds. The van der Waals surface area contributed by atoms with E-state index in [1.54, 1.807) is 0 Å². The molecule has 1 rings (SSSR count). The molecule has 1 saturated carbocycles. The van der Waals surface area contributed by atoms with Gasteiger partial charge in [-0.05, 0) is 32.1 Å². The van der Waals surface area contributed by atoms with E-state index in [2.05, 4.69) is 6.92 Å². The minimum Gasteiger partial charge on any atom is -0.393 e. The molecule has 0 aromatic carbocycles. The van der Waals surface area contributed by atoms with Gasteiger partial charge in [0, 0.05) is 6.61 Å². The lowest BCUT2D eigenvalue weighted by molar-refractivity contribution is -0.0156. The highest BCUT2D eigenvalue weighted by Gasteiger charge is 2.19. The molecule has 1 N–H and O–H groups in total. The van der Waals surface area contributed by atoms with Crippen LogP contribution in [0.15, 0.2) is 0 Å². The second-order valence-corrected chi connectivity index (χ2v) is 4.73. The standard InChI is InChI=1S/C13H26O2/c1-2-3-4-5-6-10-15-13-9-7-8-12(14)11-13/h12-14H,2-11H2,1H3. The van der Waals surface area contributed by atoms with Gasteiger partial charge in [0.2, 0.25) is 0 Å². The summed E-state index contributed by atoms with van der Waals surface area (Å²) in [5, 5.41) is 9.47. The van der Waals surface area contributed by atoms with Crippen molar-refractivity contribution in [3.8, 4) is 0 Å². The quantitative estimate of drug-likeness (QED) is 0.659. The van der Waals surface area contributed by atoms with Crippen molar-refractivity contribution in [2.45, 2.75) is 76.9 Å².